The molecule has 0 aliphatic carbocycles. The largest absolute Gasteiger partial charge is 0.497 e. The molecule has 4 rings (SSSR count). The zero-order valence-electron chi connectivity index (χ0n) is 16.7. The minimum atomic E-state index is -0.0784. The maximum Gasteiger partial charge on any atom is 0.234 e. The first-order valence-electron chi connectivity index (χ1n) is 9.54. The van der Waals surface area contributed by atoms with E-state index in [2.05, 4.69) is 27.5 Å². The van der Waals surface area contributed by atoms with Gasteiger partial charge in [0, 0.05) is 11.3 Å². The Bertz CT molecular complexity index is 1160. The molecule has 0 aliphatic heterocycles. The third kappa shape index (κ3) is 4.44. The molecular formula is C22H21N5O2S. The van der Waals surface area contributed by atoms with E-state index in [1.54, 1.807) is 11.6 Å². The highest BCUT2D eigenvalue weighted by Gasteiger charge is 2.11. The highest BCUT2D eigenvalue weighted by atomic mass is 32.2. The van der Waals surface area contributed by atoms with Gasteiger partial charge in [0.2, 0.25) is 5.91 Å². The first-order valence-corrected chi connectivity index (χ1v) is 10.5. The van der Waals surface area contributed by atoms with Gasteiger partial charge in [0.15, 0.2) is 11.5 Å². The molecule has 30 heavy (non-hydrogen) atoms. The van der Waals surface area contributed by atoms with Gasteiger partial charge in [0.1, 0.15) is 10.8 Å². The summed E-state index contributed by atoms with van der Waals surface area (Å²) in [5, 5.41) is 16.7. The van der Waals surface area contributed by atoms with Crippen LogP contribution in [0.5, 0.6) is 5.75 Å². The molecule has 0 saturated carbocycles. The molecule has 2 aromatic heterocycles. The smallest absolute Gasteiger partial charge is 0.234 e. The van der Waals surface area contributed by atoms with Gasteiger partial charge in [-0.3, -0.25) is 4.79 Å². The van der Waals surface area contributed by atoms with Crippen molar-refractivity contribution in [1.29, 1.82) is 0 Å². The van der Waals surface area contributed by atoms with E-state index >= 15 is 0 Å². The minimum Gasteiger partial charge on any atom is -0.497 e. The molecule has 0 saturated heterocycles. The van der Waals surface area contributed by atoms with Gasteiger partial charge in [-0.15, -0.1) is 10.2 Å². The number of fused-ring (bicyclic) bond motifs is 1. The number of hydrogen-bond donors (Lipinski definition) is 1. The van der Waals surface area contributed by atoms with Crippen molar-refractivity contribution in [2.75, 3.05) is 18.2 Å². The van der Waals surface area contributed by atoms with Crippen molar-refractivity contribution >= 4 is 29.0 Å². The first kappa shape index (κ1) is 19.9. The molecule has 2 heterocycles. The molecule has 8 heteroatoms. The van der Waals surface area contributed by atoms with E-state index in [0.717, 1.165) is 23.4 Å². The Morgan fingerprint density at radius 2 is 1.80 bits per heavy atom. The highest BCUT2D eigenvalue weighted by molar-refractivity contribution is 7.99. The van der Waals surface area contributed by atoms with Crippen molar-refractivity contribution in [2.24, 2.45) is 0 Å². The summed E-state index contributed by atoms with van der Waals surface area (Å²) in [6, 6.07) is 19.1. The normalized spacial score (nSPS) is 10.9. The lowest BCUT2D eigenvalue weighted by molar-refractivity contribution is -0.113. The van der Waals surface area contributed by atoms with Crippen LogP contribution in [0.2, 0.25) is 0 Å². The van der Waals surface area contributed by atoms with E-state index in [0.29, 0.717) is 16.5 Å². The number of carbonyl (C=O) groups excluding carboxylic acids is 1. The molecule has 7 nitrogen and oxygen atoms in total. The summed E-state index contributed by atoms with van der Waals surface area (Å²) < 4.78 is 6.89. The molecule has 0 fully saturated rings. The summed E-state index contributed by atoms with van der Waals surface area (Å²) in [6.45, 7) is 2.10. The van der Waals surface area contributed by atoms with Gasteiger partial charge in [-0.05, 0) is 60.5 Å². The van der Waals surface area contributed by atoms with Gasteiger partial charge < -0.3 is 10.1 Å². The summed E-state index contributed by atoms with van der Waals surface area (Å²) >= 11 is 1.36. The fourth-order valence-electron chi connectivity index (χ4n) is 2.93. The van der Waals surface area contributed by atoms with Crippen LogP contribution in [0, 0.1) is 0 Å². The van der Waals surface area contributed by atoms with E-state index in [-0.39, 0.29) is 11.7 Å². The van der Waals surface area contributed by atoms with Gasteiger partial charge >= 0.3 is 0 Å². The van der Waals surface area contributed by atoms with E-state index in [1.165, 1.54) is 17.3 Å². The highest BCUT2D eigenvalue weighted by Crippen LogP contribution is 2.23. The van der Waals surface area contributed by atoms with Gasteiger partial charge in [0.25, 0.3) is 0 Å². The Labute approximate surface area is 178 Å². The number of ether oxygens (including phenoxy) is 1. The number of hydrogen-bond acceptors (Lipinski definition) is 6. The molecule has 152 valence electrons. The molecule has 0 spiro atoms. The third-order valence-corrected chi connectivity index (χ3v) is 5.50. The number of benzene rings is 2. The number of aryl methyl sites for hydroxylation is 1. The van der Waals surface area contributed by atoms with Crippen LogP contribution < -0.4 is 10.1 Å². The van der Waals surface area contributed by atoms with Crippen LogP contribution in [0.4, 0.5) is 5.69 Å². The number of thioether (sulfide) groups is 1. The number of nitrogens with zero attached hydrogens (tertiary/aromatic N) is 4. The molecule has 0 atom stereocenters. The van der Waals surface area contributed by atoms with Crippen LogP contribution in [0.15, 0.2) is 65.7 Å². The van der Waals surface area contributed by atoms with E-state index in [1.807, 2.05) is 60.7 Å². The quantitative estimate of drug-likeness (QED) is 0.454. The topological polar surface area (TPSA) is 81.4 Å². The van der Waals surface area contributed by atoms with Crippen LogP contribution >= 0.6 is 11.8 Å². The number of aromatic nitrogens is 4. The number of methoxy groups -OCH3 is 1. The van der Waals surface area contributed by atoms with Crippen LogP contribution in [-0.2, 0) is 11.2 Å². The zero-order chi connectivity index (χ0) is 20.9. The third-order valence-electron chi connectivity index (χ3n) is 4.58. The van der Waals surface area contributed by atoms with Gasteiger partial charge in [0.05, 0.1) is 12.9 Å². The first-order chi connectivity index (χ1) is 14.7. The number of carbonyl (C=O) groups is 1. The van der Waals surface area contributed by atoms with Crippen LogP contribution in [-0.4, -0.2) is 38.6 Å². The molecule has 1 amide bonds. The Morgan fingerprint density at radius 3 is 2.50 bits per heavy atom. The van der Waals surface area contributed by atoms with Gasteiger partial charge in [-0.2, -0.15) is 9.61 Å². The van der Waals surface area contributed by atoms with E-state index in [4.69, 9.17) is 4.74 Å². The van der Waals surface area contributed by atoms with E-state index < -0.39 is 0 Å². The molecule has 0 unspecified atom stereocenters. The molecule has 1 N–H and O–H groups in total. The lowest BCUT2D eigenvalue weighted by atomic mass is 10.1. The van der Waals surface area contributed by atoms with Gasteiger partial charge in [-0.25, -0.2) is 0 Å². The lowest BCUT2D eigenvalue weighted by Crippen LogP contribution is -2.14. The van der Waals surface area contributed by atoms with Crippen molar-refractivity contribution in [3.8, 4) is 17.1 Å². The monoisotopic (exact) mass is 419 g/mol. The second kappa shape index (κ2) is 8.96. The van der Waals surface area contributed by atoms with Crippen molar-refractivity contribution in [1.82, 2.24) is 19.8 Å². The Morgan fingerprint density at radius 1 is 1.03 bits per heavy atom. The SMILES string of the molecule is CCc1ccc(NC(=O)CSc2ccc3nnc(-c4ccc(OC)cc4)n3n2)cc1. The van der Waals surface area contributed by atoms with E-state index in [9.17, 15) is 4.79 Å². The fraction of sp³-hybridized carbons (Fsp3) is 0.182. The second-order valence-electron chi connectivity index (χ2n) is 6.58. The summed E-state index contributed by atoms with van der Waals surface area (Å²) in [6.07, 6.45) is 0.972. The van der Waals surface area contributed by atoms with Crippen molar-refractivity contribution < 1.29 is 9.53 Å². The summed E-state index contributed by atoms with van der Waals surface area (Å²) in [5.74, 6) is 1.58. The Hall–Kier alpha value is -3.39. The number of nitrogens with one attached hydrogen (secondary N) is 1. The molecule has 0 aliphatic rings. The fourth-order valence-corrected chi connectivity index (χ4v) is 3.58. The average Bonchev–Trinajstić information content (AvgIpc) is 3.21. The van der Waals surface area contributed by atoms with Crippen LogP contribution in [0.25, 0.3) is 17.0 Å². The molecule has 4 aromatic rings. The Balaban J connectivity index is 1.45. The van der Waals surface area contributed by atoms with Crippen molar-refractivity contribution in [3.05, 3.63) is 66.2 Å². The van der Waals surface area contributed by atoms with Crippen molar-refractivity contribution in [2.45, 2.75) is 18.4 Å². The number of amides is 1. The molecule has 0 bridgehead atoms. The summed E-state index contributed by atoms with van der Waals surface area (Å²) in [4.78, 5) is 12.3. The second-order valence-corrected chi connectivity index (χ2v) is 7.58. The van der Waals surface area contributed by atoms with Crippen molar-refractivity contribution in [3.63, 3.8) is 0 Å². The Kier molecular flexibility index (Phi) is 5.94. The standard InChI is InChI=1S/C22H21N5O2S/c1-3-15-4-8-17(9-5-15)23-20(28)14-30-21-13-12-19-24-25-22(27(19)26-21)16-6-10-18(29-2)11-7-16/h4-13H,3,14H2,1-2H3,(H,23,28). The summed E-state index contributed by atoms with van der Waals surface area (Å²) in [7, 11) is 1.63. The average molecular weight is 420 g/mol. The maximum atomic E-state index is 12.3. The molecule has 0 radical (unpaired) electrons. The van der Waals surface area contributed by atoms with Crippen LogP contribution in [0.1, 0.15) is 12.5 Å². The summed E-state index contributed by atoms with van der Waals surface area (Å²) in [5.41, 5.74) is 3.56. The number of rotatable bonds is 7. The molecular weight excluding hydrogens is 398 g/mol. The lowest BCUT2D eigenvalue weighted by Gasteiger charge is -2.06. The van der Waals surface area contributed by atoms with Crippen LogP contribution in [0.3, 0.4) is 0 Å². The number of anilines is 1. The zero-order valence-corrected chi connectivity index (χ0v) is 17.5. The predicted octanol–water partition coefficient (Wildman–Crippen LogP) is 4.09. The minimum absolute atomic E-state index is 0.0784. The maximum absolute atomic E-state index is 12.3. The molecule has 2 aromatic carbocycles. The van der Waals surface area contributed by atoms with Gasteiger partial charge in [-0.1, -0.05) is 30.8 Å². The predicted molar refractivity (Wildman–Crippen MR) is 118 cm³/mol.